The van der Waals surface area contributed by atoms with Gasteiger partial charge in [-0.2, -0.15) is 0 Å². The molecule has 0 unspecified atom stereocenters. The van der Waals surface area contributed by atoms with Crippen molar-refractivity contribution in [2.75, 3.05) is 45.8 Å². The smallest absolute Gasteiger partial charge is 0.236 e. The molecular formula is C14H29N3O2. The quantitative estimate of drug-likeness (QED) is 0.629. The summed E-state index contributed by atoms with van der Waals surface area (Å²) >= 11 is 0. The van der Waals surface area contributed by atoms with Crippen molar-refractivity contribution in [2.45, 2.75) is 34.6 Å². The molecule has 0 spiro atoms. The number of carbonyl (C=O) groups excluding carboxylic acids is 2. The van der Waals surface area contributed by atoms with Crippen molar-refractivity contribution >= 4 is 11.8 Å². The van der Waals surface area contributed by atoms with Crippen molar-refractivity contribution in [3.05, 3.63) is 0 Å². The van der Waals surface area contributed by atoms with Crippen LogP contribution in [0.25, 0.3) is 0 Å². The third-order valence-electron chi connectivity index (χ3n) is 3.40. The van der Waals surface area contributed by atoms with Gasteiger partial charge in [-0.1, -0.05) is 6.92 Å². The maximum Gasteiger partial charge on any atom is 0.236 e. The van der Waals surface area contributed by atoms with E-state index in [2.05, 4.69) is 0 Å². The number of hydrogen-bond acceptors (Lipinski definition) is 3. The summed E-state index contributed by atoms with van der Waals surface area (Å²) in [6.45, 7) is 14.1. The van der Waals surface area contributed by atoms with Crippen molar-refractivity contribution in [1.82, 2.24) is 14.7 Å². The van der Waals surface area contributed by atoms with Gasteiger partial charge in [0.25, 0.3) is 0 Å². The molecule has 5 nitrogen and oxygen atoms in total. The number of carbonyl (C=O) groups is 2. The molecule has 0 saturated heterocycles. The Labute approximate surface area is 117 Å². The summed E-state index contributed by atoms with van der Waals surface area (Å²) in [6, 6.07) is 0. The standard InChI is InChI=1S/C14H29N3O2/c1-6-15(11-13(18)16(7-2)8-3)12-14(19)17(9-4)10-5/h6-12H2,1-5H3. The fourth-order valence-corrected chi connectivity index (χ4v) is 2.01. The Bertz CT molecular complexity index is 248. The molecule has 2 amide bonds. The molecule has 0 aliphatic carbocycles. The summed E-state index contributed by atoms with van der Waals surface area (Å²) < 4.78 is 0. The Hall–Kier alpha value is -1.10. The molecule has 0 aromatic rings. The molecule has 112 valence electrons. The normalized spacial score (nSPS) is 10.6. The van der Waals surface area contributed by atoms with Gasteiger partial charge < -0.3 is 9.80 Å². The number of nitrogens with zero attached hydrogens (tertiary/aromatic N) is 3. The van der Waals surface area contributed by atoms with Gasteiger partial charge in [0.15, 0.2) is 0 Å². The first-order chi connectivity index (χ1) is 9.03. The van der Waals surface area contributed by atoms with Gasteiger partial charge in [-0.15, -0.1) is 0 Å². The fourth-order valence-electron chi connectivity index (χ4n) is 2.01. The number of hydrogen-bond donors (Lipinski definition) is 0. The minimum atomic E-state index is 0.0965. The van der Waals surface area contributed by atoms with E-state index in [0.717, 1.165) is 26.2 Å². The first-order valence-electron chi connectivity index (χ1n) is 7.31. The second-order valence-corrected chi connectivity index (χ2v) is 4.44. The second kappa shape index (κ2) is 9.78. The fraction of sp³-hybridized carbons (Fsp3) is 0.857. The van der Waals surface area contributed by atoms with Crippen LogP contribution in [-0.2, 0) is 9.59 Å². The Morgan fingerprint density at radius 2 is 0.947 bits per heavy atom. The van der Waals surface area contributed by atoms with Crippen LogP contribution >= 0.6 is 0 Å². The van der Waals surface area contributed by atoms with Crippen LogP contribution in [0.4, 0.5) is 0 Å². The molecule has 0 atom stereocenters. The van der Waals surface area contributed by atoms with Gasteiger partial charge in [0.05, 0.1) is 13.1 Å². The van der Waals surface area contributed by atoms with Crippen LogP contribution in [0.3, 0.4) is 0 Å². The lowest BCUT2D eigenvalue weighted by Crippen LogP contribution is -2.45. The van der Waals surface area contributed by atoms with Crippen molar-refractivity contribution in [2.24, 2.45) is 0 Å². The lowest BCUT2D eigenvalue weighted by molar-refractivity contribution is -0.135. The van der Waals surface area contributed by atoms with Crippen LogP contribution in [0.15, 0.2) is 0 Å². The second-order valence-electron chi connectivity index (χ2n) is 4.44. The summed E-state index contributed by atoms with van der Waals surface area (Å²) in [5.41, 5.74) is 0. The molecule has 5 heteroatoms. The first-order valence-corrected chi connectivity index (χ1v) is 7.31. The number of rotatable bonds is 9. The maximum atomic E-state index is 12.0. The summed E-state index contributed by atoms with van der Waals surface area (Å²) in [5.74, 6) is 0.193. The zero-order valence-corrected chi connectivity index (χ0v) is 13.1. The largest absolute Gasteiger partial charge is 0.342 e. The first kappa shape index (κ1) is 17.9. The Morgan fingerprint density at radius 3 is 1.16 bits per heavy atom. The average molecular weight is 271 g/mol. The highest BCUT2D eigenvalue weighted by molar-refractivity contribution is 5.81. The highest BCUT2D eigenvalue weighted by atomic mass is 16.2. The van der Waals surface area contributed by atoms with E-state index in [9.17, 15) is 9.59 Å². The molecule has 0 bridgehead atoms. The van der Waals surface area contributed by atoms with Crippen molar-refractivity contribution in [3.63, 3.8) is 0 Å². The van der Waals surface area contributed by atoms with Gasteiger partial charge in [-0.25, -0.2) is 0 Å². The van der Waals surface area contributed by atoms with Gasteiger partial charge >= 0.3 is 0 Å². The minimum Gasteiger partial charge on any atom is -0.342 e. The third-order valence-corrected chi connectivity index (χ3v) is 3.40. The molecule has 0 aromatic heterocycles. The van der Waals surface area contributed by atoms with E-state index in [1.54, 1.807) is 9.80 Å². The molecule has 0 heterocycles. The van der Waals surface area contributed by atoms with E-state index in [0.29, 0.717) is 19.6 Å². The van der Waals surface area contributed by atoms with E-state index in [1.807, 2.05) is 39.5 Å². The Kier molecular flexibility index (Phi) is 9.21. The van der Waals surface area contributed by atoms with Gasteiger partial charge in [-0.05, 0) is 34.2 Å². The Balaban J connectivity index is 4.43. The monoisotopic (exact) mass is 271 g/mol. The van der Waals surface area contributed by atoms with Crippen LogP contribution in [0.2, 0.25) is 0 Å². The zero-order chi connectivity index (χ0) is 14.8. The highest BCUT2D eigenvalue weighted by Crippen LogP contribution is 1.97. The van der Waals surface area contributed by atoms with E-state index in [4.69, 9.17) is 0 Å². The van der Waals surface area contributed by atoms with E-state index >= 15 is 0 Å². The molecule has 0 aliphatic rings. The SMILES string of the molecule is CCN(CC(=O)N(CC)CC)CC(=O)N(CC)CC. The molecule has 0 N–H and O–H groups in total. The van der Waals surface area contributed by atoms with Gasteiger partial charge in [-0.3, -0.25) is 14.5 Å². The van der Waals surface area contributed by atoms with Crippen molar-refractivity contribution in [1.29, 1.82) is 0 Å². The molecule has 0 rings (SSSR count). The zero-order valence-electron chi connectivity index (χ0n) is 13.1. The number of likely N-dealkylation sites (N-methyl/N-ethyl adjacent to an activating group) is 3. The molecule has 0 aliphatic heterocycles. The maximum absolute atomic E-state index is 12.0. The highest BCUT2D eigenvalue weighted by Gasteiger charge is 2.18. The molecule has 19 heavy (non-hydrogen) atoms. The van der Waals surface area contributed by atoms with Crippen LogP contribution in [-0.4, -0.2) is 72.3 Å². The van der Waals surface area contributed by atoms with Crippen molar-refractivity contribution < 1.29 is 9.59 Å². The Morgan fingerprint density at radius 1 is 0.632 bits per heavy atom. The lowest BCUT2D eigenvalue weighted by Gasteiger charge is -2.27. The van der Waals surface area contributed by atoms with Gasteiger partial charge in [0.1, 0.15) is 0 Å². The van der Waals surface area contributed by atoms with E-state index in [1.165, 1.54) is 0 Å². The van der Waals surface area contributed by atoms with Crippen LogP contribution in [0, 0.1) is 0 Å². The molecular weight excluding hydrogens is 242 g/mol. The van der Waals surface area contributed by atoms with Crippen LogP contribution < -0.4 is 0 Å². The van der Waals surface area contributed by atoms with Crippen molar-refractivity contribution in [3.8, 4) is 0 Å². The van der Waals surface area contributed by atoms with E-state index < -0.39 is 0 Å². The third kappa shape index (κ3) is 6.05. The molecule has 0 saturated carbocycles. The van der Waals surface area contributed by atoms with Crippen LogP contribution in [0.1, 0.15) is 34.6 Å². The predicted octanol–water partition coefficient (Wildman–Crippen LogP) is 1.05. The molecule has 0 radical (unpaired) electrons. The molecule has 0 aromatic carbocycles. The number of amides is 2. The predicted molar refractivity (Wildman–Crippen MR) is 78.0 cm³/mol. The lowest BCUT2D eigenvalue weighted by atomic mass is 10.3. The summed E-state index contributed by atoms with van der Waals surface area (Å²) in [6.07, 6.45) is 0. The van der Waals surface area contributed by atoms with Crippen LogP contribution in [0.5, 0.6) is 0 Å². The summed E-state index contributed by atoms with van der Waals surface area (Å²) in [5, 5.41) is 0. The van der Waals surface area contributed by atoms with E-state index in [-0.39, 0.29) is 11.8 Å². The molecule has 0 fully saturated rings. The van der Waals surface area contributed by atoms with Gasteiger partial charge in [0.2, 0.25) is 11.8 Å². The topological polar surface area (TPSA) is 43.9 Å². The summed E-state index contributed by atoms with van der Waals surface area (Å²) in [4.78, 5) is 29.5. The minimum absolute atomic E-state index is 0.0965. The summed E-state index contributed by atoms with van der Waals surface area (Å²) in [7, 11) is 0. The average Bonchev–Trinajstić information content (AvgIpc) is 2.40. The van der Waals surface area contributed by atoms with Gasteiger partial charge in [0, 0.05) is 26.2 Å².